The molecule has 0 spiro atoms. The van der Waals surface area contributed by atoms with Crippen molar-refractivity contribution in [1.29, 1.82) is 0 Å². The van der Waals surface area contributed by atoms with E-state index >= 15 is 0 Å². The van der Waals surface area contributed by atoms with Gasteiger partial charge >= 0.3 is 0 Å². The summed E-state index contributed by atoms with van der Waals surface area (Å²) in [6.07, 6.45) is 0. The van der Waals surface area contributed by atoms with Gasteiger partial charge in [0.1, 0.15) is 11.5 Å². The Morgan fingerprint density at radius 3 is 2.12 bits per heavy atom. The van der Waals surface area contributed by atoms with Crippen molar-refractivity contribution in [2.75, 3.05) is 27.9 Å². The number of aromatic nitrogens is 1. The van der Waals surface area contributed by atoms with Gasteiger partial charge < -0.3 is 18.9 Å². The van der Waals surface area contributed by atoms with Crippen molar-refractivity contribution in [2.24, 2.45) is 0 Å². The third-order valence-electron chi connectivity index (χ3n) is 4.01. The van der Waals surface area contributed by atoms with Crippen LogP contribution in [0.5, 0.6) is 23.0 Å². The Hall–Kier alpha value is -2.73. The van der Waals surface area contributed by atoms with E-state index in [0.29, 0.717) is 23.9 Å². The van der Waals surface area contributed by atoms with Crippen LogP contribution in [0.3, 0.4) is 0 Å². The molecule has 136 valence electrons. The van der Waals surface area contributed by atoms with E-state index in [1.165, 1.54) is 11.5 Å². The molecular formula is C20H21NO4S. The van der Waals surface area contributed by atoms with Crippen LogP contribution in [0.1, 0.15) is 6.92 Å². The molecule has 3 aromatic rings. The molecule has 1 heterocycles. The third kappa shape index (κ3) is 3.46. The number of hydrogen-bond donors (Lipinski definition) is 0. The standard InChI is InChI=1S/C20H21NO4S/c1-5-25-14-8-6-13(7-9-14)16-12-26-21-20(16)15-10-18(23-3)19(24-4)11-17(15)22-2/h6-12H,5H2,1-4H3. The van der Waals surface area contributed by atoms with Crippen LogP contribution < -0.4 is 18.9 Å². The molecule has 2 aromatic carbocycles. The number of ether oxygens (including phenoxy) is 4. The molecule has 0 fully saturated rings. The minimum Gasteiger partial charge on any atom is -0.496 e. The maximum absolute atomic E-state index is 5.56. The van der Waals surface area contributed by atoms with Gasteiger partial charge in [0, 0.05) is 22.6 Å². The van der Waals surface area contributed by atoms with Gasteiger partial charge in [0.2, 0.25) is 0 Å². The SMILES string of the molecule is CCOc1ccc(-c2csnc2-c2cc(OC)c(OC)cc2OC)cc1. The maximum atomic E-state index is 5.56. The Labute approximate surface area is 157 Å². The normalized spacial score (nSPS) is 10.5. The molecule has 26 heavy (non-hydrogen) atoms. The molecule has 0 atom stereocenters. The van der Waals surface area contributed by atoms with Crippen molar-refractivity contribution in [2.45, 2.75) is 6.92 Å². The van der Waals surface area contributed by atoms with E-state index in [2.05, 4.69) is 4.37 Å². The van der Waals surface area contributed by atoms with Gasteiger partial charge in [0.05, 0.1) is 33.6 Å². The summed E-state index contributed by atoms with van der Waals surface area (Å²) < 4.78 is 26.5. The number of hydrogen-bond acceptors (Lipinski definition) is 6. The summed E-state index contributed by atoms with van der Waals surface area (Å²) in [4.78, 5) is 0. The molecule has 1 aromatic heterocycles. The molecule has 0 bridgehead atoms. The highest BCUT2D eigenvalue weighted by Gasteiger charge is 2.19. The number of nitrogens with zero attached hydrogens (tertiary/aromatic N) is 1. The van der Waals surface area contributed by atoms with Gasteiger partial charge in [-0.05, 0) is 42.2 Å². The molecule has 0 aliphatic carbocycles. The average Bonchev–Trinajstić information content (AvgIpc) is 3.17. The highest BCUT2D eigenvalue weighted by atomic mass is 32.1. The molecule has 0 saturated carbocycles. The van der Waals surface area contributed by atoms with Crippen molar-refractivity contribution >= 4 is 11.5 Å². The lowest BCUT2D eigenvalue weighted by molar-refractivity contribution is 0.340. The summed E-state index contributed by atoms with van der Waals surface area (Å²) in [6, 6.07) is 11.7. The predicted molar refractivity (Wildman–Crippen MR) is 104 cm³/mol. The summed E-state index contributed by atoms with van der Waals surface area (Å²) in [5, 5.41) is 2.03. The van der Waals surface area contributed by atoms with Crippen molar-refractivity contribution in [1.82, 2.24) is 4.37 Å². The lowest BCUT2D eigenvalue weighted by atomic mass is 10.0. The van der Waals surface area contributed by atoms with E-state index in [1.807, 2.05) is 48.7 Å². The van der Waals surface area contributed by atoms with Gasteiger partial charge in [0.25, 0.3) is 0 Å². The quantitative estimate of drug-likeness (QED) is 0.591. The first kappa shape index (κ1) is 18.1. The monoisotopic (exact) mass is 371 g/mol. The molecule has 0 saturated heterocycles. The molecule has 3 rings (SSSR count). The van der Waals surface area contributed by atoms with E-state index < -0.39 is 0 Å². The van der Waals surface area contributed by atoms with Crippen LogP contribution >= 0.6 is 11.5 Å². The minimum absolute atomic E-state index is 0.617. The topological polar surface area (TPSA) is 49.8 Å². The zero-order valence-corrected chi connectivity index (χ0v) is 16.1. The van der Waals surface area contributed by atoms with Crippen LogP contribution in [0, 0.1) is 0 Å². The number of benzene rings is 2. The van der Waals surface area contributed by atoms with Gasteiger partial charge in [-0.2, -0.15) is 4.37 Å². The molecule has 0 amide bonds. The highest BCUT2D eigenvalue weighted by molar-refractivity contribution is 7.04. The number of rotatable bonds is 7. The van der Waals surface area contributed by atoms with Crippen molar-refractivity contribution in [3.05, 3.63) is 41.8 Å². The van der Waals surface area contributed by atoms with Gasteiger partial charge in [-0.15, -0.1) is 0 Å². The van der Waals surface area contributed by atoms with Crippen LogP contribution in [0.4, 0.5) is 0 Å². The summed E-state index contributed by atoms with van der Waals surface area (Å²) in [5.41, 5.74) is 3.80. The van der Waals surface area contributed by atoms with E-state index in [0.717, 1.165) is 28.1 Å². The van der Waals surface area contributed by atoms with Gasteiger partial charge in [-0.25, -0.2) is 0 Å². The van der Waals surface area contributed by atoms with Gasteiger partial charge in [0.15, 0.2) is 11.5 Å². The third-order valence-corrected chi connectivity index (χ3v) is 4.64. The average molecular weight is 371 g/mol. The Balaban J connectivity index is 2.08. The number of methoxy groups -OCH3 is 3. The predicted octanol–water partition coefficient (Wildman–Crippen LogP) is 4.90. The Morgan fingerprint density at radius 2 is 1.50 bits per heavy atom. The summed E-state index contributed by atoms with van der Waals surface area (Å²) in [6.45, 7) is 2.62. The van der Waals surface area contributed by atoms with Crippen molar-refractivity contribution in [3.63, 3.8) is 0 Å². The fourth-order valence-electron chi connectivity index (χ4n) is 2.75. The van der Waals surface area contributed by atoms with E-state index in [4.69, 9.17) is 18.9 Å². The molecule has 0 unspecified atom stereocenters. The molecule has 0 aliphatic heterocycles. The Kier molecular flexibility index (Phi) is 5.63. The largest absolute Gasteiger partial charge is 0.496 e. The Morgan fingerprint density at radius 1 is 0.846 bits per heavy atom. The molecule has 5 nitrogen and oxygen atoms in total. The lowest BCUT2D eigenvalue weighted by Gasteiger charge is -2.14. The Bertz CT molecular complexity index is 874. The van der Waals surface area contributed by atoms with Crippen molar-refractivity contribution in [3.8, 4) is 45.4 Å². The zero-order chi connectivity index (χ0) is 18.5. The van der Waals surface area contributed by atoms with Crippen molar-refractivity contribution < 1.29 is 18.9 Å². The fraction of sp³-hybridized carbons (Fsp3) is 0.250. The van der Waals surface area contributed by atoms with Crippen LogP contribution in [0.2, 0.25) is 0 Å². The van der Waals surface area contributed by atoms with Gasteiger partial charge in [-0.3, -0.25) is 0 Å². The summed E-state index contributed by atoms with van der Waals surface area (Å²) in [7, 11) is 4.85. The second-order valence-corrected chi connectivity index (χ2v) is 6.07. The second kappa shape index (κ2) is 8.10. The zero-order valence-electron chi connectivity index (χ0n) is 15.2. The van der Waals surface area contributed by atoms with Crippen LogP contribution in [0.15, 0.2) is 41.8 Å². The van der Waals surface area contributed by atoms with Crippen LogP contribution in [-0.4, -0.2) is 32.3 Å². The molecule has 6 heteroatoms. The fourth-order valence-corrected chi connectivity index (χ4v) is 3.46. The minimum atomic E-state index is 0.617. The molecule has 0 radical (unpaired) electrons. The summed E-state index contributed by atoms with van der Waals surface area (Å²) >= 11 is 1.40. The first-order valence-electron chi connectivity index (χ1n) is 8.19. The second-order valence-electron chi connectivity index (χ2n) is 5.44. The maximum Gasteiger partial charge on any atom is 0.164 e. The van der Waals surface area contributed by atoms with E-state index in [-0.39, 0.29) is 0 Å². The molecule has 0 aliphatic rings. The van der Waals surface area contributed by atoms with E-state index in [9.17, 15) is 0 Å². The molecule has 0 N–H and O–H groups in total. The summed E-state index contributed by atoms with van der Waals surface area (Å²) in [5.74, 6) is 2.78. The van der Waals surface area contributed by atoms with Gasteiger partial charge in [-0.1, -0.05) is 12.1 Å². The highest BCUT2D eigenvalue weighted by Crippen LogP contribution is 2.43. The van der Waals surface area contributed by atoms with Crippen LogP contribution in [0.25, 0.3) is 22.4 Å². The first-order valence-corrected chi connectivity index (χ1v) is 9.03. The lowest BCUT2D eigenvalue weighted by Crippen LogP contribution is -1.95. The molecular weight excluding hydrogens is 350 g/mol. The van der Waals surface area contributed by atoms with Crippen LogP contribution in [-0.2, 0) is 0 Å². The first-order chi connectivity index (χ1) is 12.7. The smallest absolute Gasteiger partial charge is 0.164 e. The van der Waals surface area contributed by atoms with E-state index in [1.54, 1.807) is 21.3 Å².